The maximum atomic E-state index is 11.7. The van der Waals surface area contributed by atoms with Crippen LogP contribution in [0.3, 0.4) is 0 Å². The molecule has 2 aliphatic heterocycles. The second-order valence-corrected chi connectivity index (χ2v) is 6.72. The van der Waals surface area contributed by atoms with Gasteiger partial charge in [-0.25, -0.2) is 0 Å². The summed E-state index contributed by atoms with van der Waals surface area (Å²) in [6, 6.07) is 0.531. The first-order valence-corrected chi connectivity index (χ1v) is 8.02. The van der Waals surface area contributed by atoms with Crippen molar-refractivity contribution in [1.82, 2.24) is 4.90 Å². The summed E-state index contributed by atoms with van der Waals surface area (Å²) < 4.78 is 0. The third-order valence-electron chi connectivity index (χ3n) is 4.37. The van der Waals surface area contributed by atoms with E-state index in [1.807, 2.05) is 0 Å². The van der Waals surface area contributed by atoms with Crippen molar-refractivity contribution in [2.45, 2.75) is 25.8 Å². The van der Waals surface area contributed by atoms with Crippen LogP contribution in [0.5, 0.6) is 0 Å². The van der Waals surface area contributed by atoms with Gasteiger partial charge in [0.05, 0.1) is 16.1 Å². The number of fused-ring (bicyclic) bond motifs is 1. The summed E-state index contributed by atoms with van der Waals surface area (Å²) in [7, 11) is 0. The van der Waals surface area contributed by atoms with E-state index in [0.29, 0.717) is 16.5 Å². The zero-order chi connectivity index (χ0) is 15.1. The number of thiophene rings is 1. The minimum atomic E-state index is -0.555. The molecule has 2 fully saturated rings. The number of nitrogens with two attached hydrogens (primary N) is 2. The fourth-order valence-electron chi connectivity index (χ4n) is 3.33. The predicted molar refractivity (Wildman–Crippen MR) is 84.1 cm³/mol. The third kappa shape index (κ3) is 2.40. The summed E-state index contributed by atoms with van der Waals surface area (Å²) in [6.07, 6.45) is 2.41. The highest BCUT2D eigenvalue weighted by Gasteiger charge is 2.34. The highest BCUT2D eigenvalue weighted by molar-refractivity contribution is 7.19. The van der Waals surface area contributed by atoms with Crippen LogP contribution in [0.1, 0.15) is 39.8 Å². The SMILES string of the molecule is CC(=O)c1sc(N2CCN3CCCC3C2)c(C(N)=O)c1N. The number of piperazine rings is 1. The molecule has 0 bridgehead atoms. The molecule has 0 aliphatic carbocycles. The van der Waals surface area contributed by atoms with E-state index in [1.165, 1.54) is 31.1 Å². The number of carbonyl (C=O) groups excluding carboxylic acids is 2. The summed E-state index contributed by atoms with van der Waals surface area (Å²) in [5.41, 5.74) is 12.0. The number of hydrogen-bond donors (Lipinski definition) is 2. The Balaban J connectivity index is 1.96. The van der Waals surface area contributed by atoms with Gasteiger partial charge in [-0.1, -0.05) is 0 Å². The summed E-state index contributed by atoms with van der Waals surface area (Å²) >= 11 is 1.30. The predicted octanol–water partition coefficient (Wildman–Crippen LogP) is 0.916. The lowest BCUT2D eigenvalue weighted by atomic mass is 10.1. The van der Waals surface area contributed by atoms with Gasteiger partial charge in [0.15, 0.2) is 5.78 Å². The van der Waals surface area contributed by atoms with Gasteiger partial charge in [-0.2, -0.15) is 0 Å². The van der Waals surface area contributed by atoms with E-state index in [1.54, 1.807) is 0 Å². The van der Waals surface area contributed by atoms with E-state index in [4.69, 9.17) is 11.5 Å². The van der Waals surface area contributed by atoms with Crippen LogP contribution >= 0.6 is 11.3 Å². The molecule has 21 heavy (non-hydrogen) atoms. The Labute approximate surface area is 127 Å². The molecule has 0 saturated carbocycles. The molecule has 1 unspecified atom stereocenters. The first-order chi connectivity index (χ1) is 9.99. The minimum Gasteiger partial charge on any atom is -0.397 e. The lowest BCUT2D eigenvalue weighted by molar-refractivity contribution is 0.100. The molecule has 114 valence electrons. The van der Waals surface area contributed by atoms with Crippen molar-refractivity contribution in [3.05, 3.63) is 10.4 Å². The van der Waals surface area contributed by atoms with Crippen LogP contribution in [0.2, 0.25) is 0 Å². The van der Waals surface area contributed by atoms with Gasteiger partial charge < -0.3 is 16.4 Å². The van der Waals surface area contributed by atoms with E-state index in [0.717, 1.165) is 31.2 Å². The van der Waals surface area contributed by atoms with Crippen LogP contribution in [-0.2, 0) is 0 Å². The molecule has 1 amide bonds. The molecule has 2 aliphatic rings. The molecule has 0 radical (unpaired) electrons. The Morgan fingerprint density at radius 2 is 2.05 bits per heavy atom. The molecule has 1 atom stereocenters. The van der Waals surface area contributed by atoms with Crippen molar-refractivity contribution in [2.24, 2.45) is 5.73 Å². The molecule has 7 heteroatoms. The van der Waals surface area contributed by atoms with Crippen molar-refractivity contribution >= 4 is 33.7 Å². The van der Waals surface area contributed by atoms with Crippen LogP contribution in [0, 0.1) is 0 Å². The van der Waals surface area contributed by atoms with E-state index < -0.39 is 5.91 Å². The van der Waals surface area contributed by atoms with Gasteiger partial charge in [0, 0.05) is 32.6 Å². The topological polar surface area (TPSA) is 92.7 Å². The van der Waals surface area contributed by atoms with Crippen molar-refractivity contribution in [2.75, 3.05) is 36.8 Å². The smallest absolute Gasteiger partial charge is 0.253 e. The minimum absolute atomic E-state index is 0.120. The second kappa shape index (κ2) is 5.31. The van der Waals surface area contributed by atoms with Crippen LogP contribution < -0.4 is 16.4 Å². The Bertz CT molecular complexity index is 598. The molecular formula is C14H20N4O2S. The Morgan fingerprint density at radius 1 is 1.29 bits per heavy atom. The maximum absolute atomic E-state index is 11.7. The normalized spacial score (nSPS) is 22.3. The van der Waals surface area contributed by atoms with Crippen molar-refractivity contribution < 1.29 is 9.59 Å². The molecule has 2 saturated heterocycles. The van der Waals surface area contributed by atoms with E-state index in [-0.39, 0.29) is 11.5 Å². The van der Waals surface area contributed by atoms with Gasteiger partial charge in [0.25, 0.3) is 5.91 Å². The van der Waals surface area contributed by atoms with Crippen LogP contribution in [0.25, 0.3) is 0 Å². The molecular weight excluding hydrogens is 288 g/mol. The Hall–Kier alpha value is -1.60. The number of anilines is 2. The zero-order valence-electron chi connectivity index (χ0n) is 12.1. The highest BCUT2D eigenvalue weighted by Crippen LogP contribution is 2.39. The molecule has 3 rings (SSSR count). The number of primary amides is 1. The number of amides is 1. The van der Waals surface area contributed by atoms with Crippen molar-refractivity contribution in [3.63, 3.8) is 0 Å². The Kier molecular flexibility index (Phi) is 3.62. The van der Waals surface area contributed by atoms with E-state index >= 15 is 0 Å². The quantitative estimate of drug-likeness (QED) is 0.810. The van der Waals surface area contributed by atoms with E-state index in [9.17, 15) is 9.59 Å². The number of hydrogen-bond acceptors (Lipinski definition) is 6. The average molecular weight is 308 g/mol. The lowest BCUT2D eigenvalue weighted by Gasteiger charge is -2.38. The second-order valence-electron chi connectivity index (χ2n) is 5.72. The first kappa shape index (κ1) is 14.3. The van der Waals surface area contributed by atoms with Gasteiger partial charge in [0.1, 0.15) is 5.00 Å². The van der Waals surface area contributed by atoms with Crippen LogP contribution in [0.4, 0.5) is 10.7 Å². The molecule has 6 nitrogen and oxygen atoms in total. The van der Waals surface area contributed by atoms with Gasteiger partial charge in [-0.05, 0) is 19.4 Å². The van der Waals surface area contributed by atoms with Crippen LogP contribution in [-0.4, -0.2) is 48.8 Å². The number of Topliss-reactive ketones (excluding diaryl/α,β-unsaturated/α-hetero) is 1. The van der Waals surface area contributed by atoms with E-state index in [2.05, 4.69) is 9.80 Å². The molecule has 4 N–H and O–H groups in total. The summed E-state index contributed by atoms with van der Waals surface area (Å²) in [5.74, 6) is -0.675. The number of nitrogen functional groups attached to an aromatic ring is 1. The summed E-state index contributed by atoms with van der Waals surface area (Å²) in [5, 5.41) is 0.761. The maximum Gasteiger partial charge on any atom is 0.253 e. The van der Waals surface area contributed by atoms with Crippen molar-refractivity contribution in [3.8, 4) is 0 Å². The lowest BCUT2D eigenvalue weighted by Crippen LogP contribution is -2.50. The summed E-state index contributed by atoms with van der Waals surface area (Å²) in [6.45, 7) is 5.32. The number of rotatable bonds is 3. The largest absolute Gasteiger partial charge is 0.397 e. The molecule has 0 spiro atoms. The number of nitrogens with zero attached hydrogens (tertiary/aromatic N) is 2. The molecule has 1 aromatic heterocycles. The van der Waals surface area contributed by atoms with Crippen molar-refractivity contribution in [1.29, 1.82) is 0 Å². The Morgan fingerprint density at radius 3 is 2.71 bits per heavy atom. The summed E-state index contributed by atoms with van der Waals surface area (Å²) in [4.78, 5) is 28.5. The zero-order valence-corrected chi connectivity index (χ0v) is 12.9. The van der Waals surface area contributed by atoms with Crippen LogP contribution in [0.15, 0.2) is 0 Å². The first-order valence-electron chi connectivity index (χ1n) is 7.21. The highest BCUT2D eigenvalue weighted by atomic mass is 32.1. The number of carbonyl (C=O) groups is 2. The van der Waals surface area contributed by atoms with Gasteiger partial charge in [-0.15, -0.1) is 11.3 Å². The molecule has 0 aromatic carbocycles. The molecule has 1 aromatic rings. The standard InChI is InChI=1S/C14H20N4O2S/c1-8(19)12-11(15)10(13(16)20)14(21-12)18-6-5-17-4-2-3-9(17)7-18/h9H,2-7,15H2,1H3,(H2,16,20). The number of ketones is 1. The van der Waals surface area contributed by atoms with Gasteiger partial charge in [0.2, 0.25) is 0 Å². The third-order valence-corrected chi connectivity index (χ3v) is 5.73. The monoisotopic (exact) mass is 308 g/mol. The van der Waals surface area contributed by atoms with Gasteiger partial charge >= 0.3 is 0 Å². The fraction of sp³-hybridized carbons (Fsp3) is 0.571. The van der Waals surface area contributed by atoms with Gasteiger partial charge in [-0.3, -0.25) is 14.5 Å². The average Bonchev–Trinajstić information content (AvgIpc) is 3.01. The fourth-order valence-corrected chi connectivity index (χ4v) is 4.49. The molecule has 3 heterocycles.